The van der Waals surface area contributed by atoms with Gasteiger partial charge in [-0.15, -0.1) is 6.58 Å². The number of carboxylic acids is 1. The van der Waals surface area contributed by atoms with Crippen LogP contribution >= 0.6 is 0 Å². The number of rotatable bonds is 5. The third kappa shape index (κ3) is 6.60. The molecule has 2 atom stereocenters. The normalized spacial score (nSPS) is 14.6. The van der Waals surface area contributed by atoms with E-state index in [1.807, 2.05) is 20.8 Å². The molecule has 0 aliphatic carbocycles. The van der Waals surface area contributed by atoms with E-state index in [-0.39, 0.29) is 23.9 Å². The molecule has 0 aromatic rings. The highest BCUT2D eigenvalue weighted by molar-refractivity contribution is 5.76. The number of aliphatic carboxylic acids is 1. The first kappa shape index (κ1) is 15.5. The van der Waals surface area contributed by atoms with E-state index >= 15 is 0 Å². The molecule has 0 bridgehead atoms. The Labute approximate surface area is 102 Å². The van der Waals surface area contributed by atoms with Crippen LogP contribution in [0.4, 0.5) is 4.79 Å². The van der Waals surface area contributed by atoms with E-state index in [1.165, 1.54) is 0 Å². The smallest absolute Gasteiger partial charge is 0.315 e. The van der Waals surface area contributed by atoms with Crippen molar-refractivity contribution in [3.8, 4) is 0 Å². The molecule has 0 aromatic carbocycles. The van der Waals surface area contributed by atoms with Gasteiger partial charge in [0.1, 0.15) is 0 Å². The minimum atomic E-state index is -0.929. The standard InChI is InChI=1S/C12H22N2O3/c1-6-8(2)13-11(17)14-9(7-10(15)16)12(3,4)5/h6,8-9H,1,7H2,2-5H3,(H,15,16)(H2,13,14,17). The van der Waals surface area contributed by atoms with Gasteiger partial charge in [-0.1, -0.05) is 26.8 Å². The number of carboxylic acid groups (broad SMARTS) is 1. The van der Waals surface area contributed by atoms with Gasteiger partial charge in [0, 0.05) is 12.1 Å². The Morgan fingerprint density at radius 1 is 1.35 bits per heavy atom. The first-order valence-electron chi connectivity index (χ1n) is 5.58. The van der Waals surface area contributed by atoms with Crippen LogP contribution in [0.1, 0.15) is 34.1 Å². The van der Waals surface area contributed by atoms with Crippen molar-refractivity contribution in [3.63, 3.8) is 0 Å². The first-order valence-corrected chi connectivity index (χ1v) is 5.58. The molecule has 98 valence electrons. The lowest BCUT2D eigenvalue weighted by molar-refractivity contribution is -0.138. The molecule has 5 heteroatoms. The fourth-order valence-corrected chi connectivity index (χ4v) is 1.21. The van der Waals surface area contributed by atoms with Crippen LogP contribution in [0.25, 0.3) is 0 Å². The van der Waals surface area contributed by atoms with Crippen molar-refractivity contribution < 1.29 is 14.7 Å². The molecule has 17 heavy (non-hydrogen) atoms. The average Bonchev–Trinajstić information content (AvgIpc) is 2.14. The molecule has 0 spiro atoms. The van der Waals surface area contributed by atoms with Gasteiger partial charge in [-0.25, -0.2) is 4.79 Å². The Balaban J connectivity index is 4.48. The number of hydrogen-bond acceptors (Lipinski definition) is 2. The minimum absolute atomic E-state index is 0.0978. The summed E-state index contributed by atoms with van der Waals surface area (Å²) in [4.78, 5) is 22.3. The Kier molecular flexibility index (Phi) is 5.71. The van der Waals surface area contributed by atoms with Crippen LogP contribution in [-0.2, 0) is 4.79 Å². The summed E-state index contributed by atoms with van der Waals surface area (Å²) in [7, 11) is 0. The number of amides is 2. The summed E-state index contributed by atoms with van der Waals surface area (Å²) in [6, 6.07) is -0.948. The van der Waals surface area contributed by atoms with Crippen LogP contribution in [0.5, 0.6) is 0 Å². The van der Waals surface area contributed by atoms with Gasteiger partial charge in [0.05, 0.1) is 6.42 Å². The van der Waals surface area contributed by atoms with Crippen molar-refractivity contribution in [2.24, 2.45) is 5.41 Å². The fraction of sp³-hybridized carbons (Fsp3) is 0.667. The van der Waals surface area contributed by atoms with Crippen LogP contribution in [-0.4, -0.2) is 29.2 Å². The lowest BCUT2D eigenvalue weighted by atomic mass is 9.85. The van der Waals surface area contributed by atoms with E-state index in [9.17, 15) is 9.59 Å². The summed E-state index contributed by atoms with van der Waals surface area (Å²) in [6.07, 6.45) is 1.50. The van der Waals surface area contributed by atoms with Crippen LogP contribution in [0.2, 0.25) is 0 Å². The summed E-state index contributed by atoms with van der Waals surface area (Å²) in [5, 5.41) is 14.1. The maximum atomic E-state index is 11.6. The van der Waals surface area contributed by atoms with Crippen LogP contribution in [0, 0.1) is 5.41 Å². The molecule has 5 nitrogen and oxygen atoms in total. The zero-order chi connectivity index (χ0) is 13.6. The largest absolute Gasteiger partial charge is 0.481 e. The second kappa shape index (κ2) is 6.27. The van der Waals surface area contributed by atoms with Crippen molar-refractivity contribution in [3.05, 3.63) is 12.7 Å². The lowest BCUT2D eigenvalue weighted by Gasteiger charge is -2.30. The van der Waals surface area contributed by atoms with E-state index < -0.39 is 12.0 Å². The molecule has 0 saturated heterocycles. The molecule has 0 aliphatic heterocycles. The molecule has 0 radical (unpaired) electrons. The van der Waals surface area contributed by atoms with Gasteiger partial charge in [0.25, 0.3) is 0 Å². The van der Waals surface area contributed by atoms with Gasteiger partial charge in [-0.05, 0) is 12.3 Å². The van der Waals surface area contributed by atoms with E-state index in [0.29, 0.717) is 0 Å². The first-order chi connectivity index (χ1) is 7.66. The number of carbonyl (C=O) groups excluding carboxylic acids is 1. The van der Waals surface area contributed by atoms with Crippen molar-refractivity contribution in [1.82, 2.24) is 10.6 Å². The molecule has 0 aliphatic rings. The van der Waals surface area contributed by atoms with Gasteiger partial charge < -0.3 is 15.7 Å². The maximum absolute atomic E-state index is 11.6. The SMILES string of the molecule is C=CC(C)NC(=O)NC(CC(=O)O)C(C)(C)C. The monoisotopic (exact) mass is 242 g/mol. The molecule has 2 amide bonds. The van der Waals surface area contributed by atoms with Gasteiger partial charge in [-0.2, -0.15) is 0 Å². The van der Waals surface area contributed by atoms with Crippen molar-refractivity contribution in [2.45, 2.75) is 46.2 Å². The van der Waals surface area contributed by atoms with Gasteiger partial charge in [-0.3, -0.25) is 4.79 Å². The summed E-state index contributed by atoms with van der Waals surface area (Å²) >= 11 is 0. The fourth-order valence-electron chi connectivity index (χ4n) is 1.21. The zero-order valence-corrected chi connectivity index (χ0v) is 10.9. The van der Waals surface area contributed by atoms with E-state index in [4.69, 9.17) is 5.11 Å². The quantitative estimate of drug-likeness (QED) is 0.643. The highest BCUT2D eigenvalue weighted by Gasteiger charge is 2.28. The lowest BCUT2D eigenvalue weighted by Crippen LogP contribution is -2.50. The predicted octanol–water partition coefficient (Wildman–Crippen LogP) is 1.75. The molecule has 3 N–H and O–H groups in total. The van der Waals surface area contributed by atoms with Crippen LogP contribution < -0.4 is 10.6 Å². The molecule has 2 unspecified atom stereocenters. The summed E-state index contributed by atoms with van der Waals surface area (Å²) in [6.45, 7) is 11.0. The number of carbonyl (C=O) groups is 2. The minimum Gasteiger partial charge on any atom is -0.481 e. The average molecular weight is 242 g/mol. The van der Waals surface area contributed by atoms with Crippen LogP contribution in [0.3, 0.4) is 0 Å². The Morgan fingerprint density at radius 2 is 1.88 bits per heavy atom. The Bertz CT molecular complexity index is 295. The van der Waals surface area contributed by atoms with Crippen molar-refractivity contribution in [2.75, 3.05) is 0 Å². The Hall–Kier alpha value is -1.52. The topological polar surface area (TPSA) is 78.4 Å². The summed E-state index contributed by atoms with van der Waals surface area (Å²) < 4.78 is 0. The number of hydrogen-bond donors (Lipinski definition) is 3. The summed E-state index contributed by atoms with van der Waals surface area (Å²) in [5.74, 6) is -0.929. The van der Waals surface area contributed by atoms with Crippen molar-refractivity contribution in [1.29, 1.82) is 0 Å². The van der Waals surface area contributed by atoms with Gasteiger partial charge >= 0.3 is 12.0 Å². The van der Waals surface area contributed by atoms with Gasteiger partial charge in [0.2, 0.25) is 0 Å². The van der Waals surface area contributed by atoms with Gasteiger partial charge in [0.15, 0.2) is 0 Å². The van der Waals surface area contributed by atoms with Crippen molar-refractivity contribution >= 4 is 12.0 Å². The molecular weight excluding hydrogens is 220 g/mol. The Morgan fingerprint density at radius 3 is 2.24 bits per heavy atom. The number of urea groups is 1. The molecular formula is C12H22N2O3. The van der Waals surface area contributed by atoms with E-state index in [0.717, 1.165) is 0 Å². The maximum Gasteiger partial charge on any atom is 0.315 e. The summed E-state index contributed by atoms with van der Waals surface area (Å²) in [5.41, 5.74) is -0.312. The highest BCUT2D eigenvalue weighted by atomic mass is 16.4. The molecule has 0 heterocycles. The molecule has 0 saturated carbocycles. The number of nitrogens with one attached hydrogen (secondary N) is 2. The van der Waals surface area contributed by atoms with E-state index in [2.05, 4.69) is 17.2 Å². The van der Waals surface area contributed by atoms with E-state index in [1.54, 1.807) is 13.0 Å². The third-order valence-corrected chi connectivity index (χ3v) is 2.44. The molecule has 0 rings (SSSR count). The second-order valence-corrected chi connectivity index (χ2v) is 5.16. The predicted molar refractivity (Wildman–Crippen MR) is 66.8 cm³/mol. The molecule has 0 fully saturated rings. The second-order valence-electron chi connectivity index (χ2n) is 5.16. The highest BCUT2D eigenvalue weighted by Crippen LogP contribution is 2.21. The van der Waals surface area contributed by atoms with Crippen LogP contribution in [0.15, 0.2) is 12.7 Å². The third-order valence-electron chi connectivity index (χ3n) is 2.44. The zero-order valence-electron chi connectivity index (χ0n) is 10.9. The molecule has 0 aromatic heterocycles.